The van der Waals surface area contributed by atoms with E-state index in [2.05, 4.69) is 41.1 Å². The van der Waals surface area contributed by atoms with E-state index in [0.29, 0.717) is 5.92 Å². The molecule has 1 aliphatic rings. The number of carbonyl (C=O) groups excluding carboxylic acids is 1. The average Bonchev–Trinajstić information content (AvgIpc) is 2.71. The van der Waals surface area contributed by atoms with E-state index >= 15 is 0 Å². The standard InChI is InChI=1S/C24H32ClN3O/c1-18(2)23(26-24(29)21-8-4-19(3)5-9-21)17-28-14-12-27(13-15-28)16-20-6-10-22(25)11-7-20/h4-11,18,23H,12-17H2,1-3H3,(H,26,29)/t23-/m0/s1. The summed E-state index contributed by atoms with van der Waals surface area (Å²) in [4.78, 5) is 17.6. The largest absolute Gasteiger partial charge is 0.348 e. The predicted octanol–water partition coefficient (Wildman–Crippen LogP) is 4.22. The summed E-state index contributed by atoms with van der Waals surface area (Å²) in [6.45, 7) is 12.4. The molecule has 3 rings (SSSR count). The number of amides is 1. The molecule has 1 heterocycles. The molecule has 1 atom stereocenters. The molecule has 0 radical (unpaired) electrons. The summed E-state index contributed by atoms with van der Waals surface area (Å²) < 4.78 is 0. The molecule has 0 saturated carbocycles. The molecule has 1 fully saturated rings. The second-order valence-electron chi connectivity index (χ2n) is 8.39. The molecule has 0 bridgehead atoms. The number of nitrogens with one attached hydrogen (secondary N) is 1. The Balaban J connectivity index is 1.49. The van der Waals surface area contributed by atoms with Crippen molar-refractivity contribution < 1.29 is 4.79 Å². The fourth-order valence-corrected chi connectivity index (χ4v) is 3.76. The molecular formula is C24H32ClN3O. The van der Waals surface area contributed by atoms with Gasteiger partial charge in [0.15, 0.2) is 0 Å². The van der Waals surface area contributed by atoms with E-state index < -0.39 is 0 Å². The van der Waals surface area contributed by atoms with Gasteiger partial charge in [0.2, 0.25) is 0 Å². The summed E-state index contributed by atoms with van der Waals surface area (Å²) in [6, 6.07) is 16.0. The van der Waals surface area contributed by atoms with Crippen molar-refractivity contribution in [1.82, 2.24) is 15.1 Å². The highest BCUT2D eigenvalue weighted by Crippen LogP contribution is 2.14. The molecule has 0 spiro atoms. The first-order chi connectivity index (χ1) is 13.9. The van der Waals surface area contributed by atoms with Gasteiger partial charge >= 0.3 is 0 Å². The number of hydrogen-bond donors (Lipinski definition) is 1. The number of benzene rings is 2. The van der Waals surface area contributed by atoms with Crippen molar-refractivity contribution in [3.63, 3.8) is 0 Å². The van der Waals surface area contributed by atoms with Gasteiger partial charge in [-0.2, -0.15) is 0 Å². The van der Waals surface area contributed by atoms with Crippen LogP contribution in [0.15, 0.2) is 48.5 Å². The van der Waals surface area contributed by atoms with Crippen molar-refractivity contribution >= 4 is 17.5 Å². The number of nitrogens with zero attached hydrogens (tertiary/aromatic N) is 2. The van der Waals surface area contributed by atoms with Crippen LogP contribution >= 0.6 is 11.6 Å². The zero-order valence-corrected chi connectivity index (χ0v) is 18.5. The summed E-state index contributed by atoms with van der Waals surface area (Å²) in [5.74, 6) is 0.404. The Labute approximate surface area is 179 Å². The minimum Gasteiger partial charge on any atom is -0.348 e. The van der Waals surface area contributed by atoms with Crippen LogP contribution < -0.4 is 5.32 Å². The third-order valence-electron chi connectivity index (χ3n) is 5.67. The Bertz CT molecular complexity index is 781. The molecule has 5 heteroatoms. The van der Waals surface area contributed by atoms with Gasteiger partial charge in [-0.05, 0) is 42.7 Å². The summed E-state index contributed by atoms with van der Waals surface area (Å²) in [7, 11) is 0. The van der Waals surface area contributed by atoms with Crippen molar-refractivity contribution in [1.29, 1.82) is 0 Å². The van der Waals surface area contributed by atoms with Crippen molar-refractivity contribution in [3.8, 4) is 0 Å². The van der Waals surface area contributed by atoms with Crippen molar-refractivity contribution in [2.45, 2.75) is 33.4 Å². The molecule has 0 aromatic heterocycles. The van der Waals surface area contributed by atoms with E-state index in [0.717, 1.165) is 49.9 Å². The van der Waals surface area contributed by atoms with Gasteiger partial charge in [-0.25, -0.2) is 0 Å². The zero-order valence-electron chi connectivity index (χ0n) is 17.7. The molecule has 0 aliphatic carbocycles. The lowest BCUT2D eigenvalue weighted by molar-refractivity contribution is 0.0862. The molecule has 156 valence electrons. The number of aryl methyl sites for hydroxylation is 1. The van der Waals surface area contributed by atoms with Gasteiger partial charge in [-0.15, -0.1) is 0 Å². The van der Waals surface area contributed by atoms with Crippen LogP contribution in [0.25, 0.3) is 0 Å². The maximum absolute atomic E-state index is 12.6. The molecule has 2 aromatic rings. The lowest BCUT2D eigenvalue weighted by atomic mass is 10.0. The molecule has 29 heavy (non-hydrogen) atoms. The van der Waals surface area contributed by atoms with Crippen molar-refractivity contribution in [2.75, 3.05) is 32.7 Å². The van der Waals surface area contributed by atoms with Crippen LogP contribution in [0, 0.1) is 12.8 Å². The van der Waals surface area contributed by atoms with Crippen molar-refractivity contribution in [3.05, 3.63) is 70.2 Å². The third-order valence-corrected chi connectivity index (χ3v) is 5.93. The van der Waals surface area contributed by atoms with Gasteiger partial charge in [0.05, 0.1) is 0 Å². The highest BCUT2D eigenvalue weighted by Gasteiger charge is 2.23. The molecule has 1 saturated heterocycles. The SMILES string of the molecule is Cc1ccc(C(=O)N[C@@H](CN2CCN(Cc3ccc(Cl)cc3)CC2)C(C)C)cc1. The van der Waals surface area contributed by atoms with E-state index in [4.69, 9.17) is 11.6 Å². The fourth-order valence-electron chi connectivity index (χ4n) is 3.64. The molecule has 1 amide bonds. The molecule has 1 aliphatic heterocycles. The number of hydrogen-bond acceptors (Lipinski definition) is 3. The lowest BCUT2D eigenvalue weighted by Gasteiger charge is -2.37. The minimum absolute atomic E-state index is 0.0186. The predicted molar refractivity (Wildman–Crippen MR) is 120 cm³/mol. The molecule has 4 nitrogen and oxygen atoms in total. The maximum Gasteiger partial charge on any atom is 0.251 e. The molecule has 0 unspecified atom stereocenters. The van der Waals surface area contributed by atoms with E-state index in [1.54, 1.807) is 0 Å². The Kier molecular flexibility index (Phi) is 7.70. The molecule has 1 N–H and O–H groups in total. The third kappa shape index (κ3) is 6.56. The summed E-state index contributed by atoms with van der Waals surface area (Å²) in [6.07, 6.45) is 0. The first-order valence-electron chi connectivity index (χ1n) is 10.5. The van der Waals surface area contributed by atoms with Crippen molar-refractivity contribution in [2.24, 2.45) is 5.92 Å². The second kappa shape index (κ2) is 10.2. The van der Waals surface area contributed by atoms with Crippen LogP contribution in [0.3, 0.4) is 0 Å². The maximum atomic E-state index is 12.6. The van der Waals surface area contributed by atoms with Crippen LogP contribution in [-0.4, -0.2) is 54.5 Å². The first-order valence-corrected chi connectivity index (χ1v) is 10.8. The summed E-state index contributed by atoms with van der Waals surface area (Å²) in [5.41, 5.74) is 3.20. The van der Waals surface area contributed by atoms with Crippen LogP contribution in [0.2, 0.25) is 5.02 Å². The highest BCUT2D eigenvalue weighted by atomic mass is 35.5. The smallest absolute Gasteiger partial charge is 0.251 e. The average molecular weight is 414 g/mol. The molecule has 2 aromatic carbocycles. The van der Waals surface area contributed by atoms with E-state index in [1.807, 2.05) is 43.3 Å². The Morgan fingerprint density at radius 1 is 0.966 bits per heavy atom. The van der Waals surface area contributed by atoms with Gasteiger partial charge in [0, 0.05) is 55.9 Å². The zero-order chi connectivity index (χ0) is 20.8. The minimum atomic E-state index is 0.0186. The Morgan fingerprint density at radius 3 is 2.14 bits per heavy atom. The van der Waals surface area contributed by atoms with E-state index in [9.17, 15) is 4.79 Å². The topological polar surface area (TPSA) is 35.6 Å². The van der Waals surface area contributed by atoms with Gasteiger partial charge in [-0.3, -0.25) is 14.6 Å². The van der Waals surface area contributed by atoms with Crippen LogP contribution in [0.5, 0.6) is 0 Å². The Morgan fingerprint density at radius 2 is 1.55 bits per heavy atom. The Hall–Kier alpha value is -1.88. The monoisotopic (exact) mass is 413 g/mol. The number of halogens is 1. The van der Waals surface area contributed by atoms with Crippen LogP contribution in [-0.2, 0) is 6.54 Å². The fraction of sp³-hybridized carbons (Fsp3) is 0.458. The summed E-state index contributed by atoms with van der Waals surface area (Å²) >= 11 is 5.98. The van der Waals surface area contributed by atoms with Crippen LogP contribution in [0.4, 0.5) is 0 Å². The van der Waals surface area contributed by atoms with Gasteiger partial charge in [-0.1, -0.05) is 55.3 Å². The van der Waals surface area contributed by atoms with Crippen LogP contribution in [0.1, 0.15) is 35.3 Å². The first kappa shape index (κ1) is 21.8. The van der Waals surface area contributed by atoms with Gasteiger partial charge < -0.3 is 5.32 Å². The molecular weight excluding hydrogens is 382 g/mol. The second-order valence-corrected chi connectivity index (χ2v) is 8.83. The van der Waals surface area contributed by atoms with Gasteiger partial charge in [0.25, 0.3) is 5.91 Å². The number of carbonyl (C=O) groups is 1. The summed E-state index contributed by atoms with van der Waals surface area (Å²) in [5, 5.41) is 4.03. The van der Waals surface area contributed by atoms with E-state index in [-0.39, 0.29) is 11.9 Å². The number of rotatable bonds is 7. The van der Waals surface area contributed by atoms with E-state index in [1.165, 1.54) is 11.1 Å². The quantitative estimate of drug-likeness (QED) is 0.738. The number of piperazine rings is 1. The normalized spacial score (nSPS) is 16.7. The van der Waals surface area contributed by atoms with Gasteiger partial charge in [0.1, 0.15) is 0 Å². The highest BCUT2D eigenvalue weighted by molar-refractivity contribution is 6.30. The lowest BCUT2D eigenvalue weighted by Crippen LogP contribution is -2.52.